The lowest BCUT2D eigenvalue weighted by Gasteiger charge is -2.22. The molecule has 0 aliphatic heterocycles. The third kappa shape index (κ3) is 6.52. The quantitative estimate of drug-likeness (QED) is 0.293. The summed E-state index contributed by atoms with van der Waals surface area (Å²) in [5.41, 5.74) is 1.44. The van der Waals surface area contributed by atoms with Crippen LogP contribution in [0, 0.1) is 23.7 Å². The Morgan fingerprint density at radius 1 is 1.44 bits per heavy atom. The maximum Gasteiger partial charge on any atom is 0.157 e. The average Bonchev–Trinajstić information content (AvgIpc) is 2.27. The van der Waals surface area contributed by atoms with E-state index in [1.54, 1.807) is 0 Å². The maximum absolute atomic E-state index is 12.5. The average molecular weight is 336 g/mol. The van der Waals surface area contributed by atoms with E-state index in [1.165, 1.54) is 12.5 Å². The first-order valence-corrected chi connectivity index (χ1v) is 7.36. The Labute approximate surface area is 113 Å². The molecule has 16 heavy (non-hydrogen) atoms. The highest BCUT2D eigenvalue weighted by atomic mass is 127. The molecular weight excluding hydrogens is 314 g/mol. The lowest BCUT2D eigenvalue weighted by atomic mass is 9.86. The second kappa shape index (κ2) is 9.04. The summed E-state index contributed by atoms with van der Waals surface area (Å²) < 4.78 is 13.6. The minimum Gasteiger partial charge on any atom is -0.234 e. The minimum atomic E-state index is -0.993. The van der Waals surface area contributed by atoms with E-state index < -0.39 is 6.17 Å². The zero-order valence-corrected chi connectivity index (χ0v) is 12.8. The summed E-state index contributed by atoms with van der Waals surface area (Å²) in [6.45, 7) is 8.01. The van der Waals surface area contributed by atoms with E-state index in [0.29, 0.717) is 11.8 Å². The van der Waals surface area contributed by atoms with Crippen LogP contribution in [0.15, 0.2) is 11.6 Å². The summed E-state index contributed by atoms with van der Waals surface area (Å²) in [4.78, 5) is 0. The van der Waals surface area contributed by atoms with Crippen LogP contribution in [-0.4, -0.2) is 10.6 Å². The zero-order valence-electron chi connectivity index (χ0n) is 10.7. The van der Waals surface area contributed by atoms with E-state index >= 15 is 0 Å². The van der Waals surface area contributed by atoms with Gasteiger partial charge in [-0.15, -0.1) is 5.92 Å². The molecule has 0 rings (SSSR count). The van der Waals surface area contributed by atoms with Gasteiger partial charge in [0, 0.05) is 10.8 Å². The molecule has 0 aliphatic carbocycles. The molecule has 0 amide bonds. The van der Waals surface area contributed by atoms with Crippen molar-refractivity contribution in [2.75, 3.05) is 4.43 Å². The molecular formula is C14H22FI. The normalized spacial score (nSPS) is 17.2. The lowest BCUT2D eigenvalue weighted by Crippen LogP contribution is -2.14. The van der Waals surface area contributed by atoms with Crippen molar-refractivity contribution in [1.29, 1.82) is 0 Å². The van der Waals surface area contributed by atoms with Gasteiger partial charge in [0.2, 0.25) is 0 Å². The van der Waals surface area contributed by atoms with Crippen molar-refractivity contribution < 1.29 is 4.39 Å². The summed E-state index contributed by atoms with van der Waals surface area (Å²) in [6.07, 6.45) is 3.06. The maximum atomic E-state index is 12.5. The van der Waals surface area contributed by atoms with Crippen LogP contribution in [0.4, 0.5) is 4.39 Å². The number of alkyl halides is 2. The molecule has 0 aromatic rings. The van der Waals surface area contributed by atoms with E-state index in [2.05, 4.69) is 61.3 Å². The summed E-state index contributed by atoms with van der Waals surface area (Å²) >= 11 is 2.43. The third-order valence-electron chi connectivity index (χ3n) is 3.02. The molecule has 0 aromatic carbocycles. The summed E-state index contributed by atoms with van der Waals surface area (Å²) in [6, 6.07) is 0. The first-order valence-electron chi connectivity index (χ1n) is 5.84. The second-order valence-corrected chi connectivity index (χ2v) is 5.09. The smallest absolute Gasteiger partial charge is 0.157 e. The Morgan fingerprint density at radius 3 is 2.50 bits per heavy atom. The van der Waals surface area contributed by atoms with Gasteiger partial charge in [0.15, 0.2) is 6.17 Å². The Bertz CT molecular complexity index is 270. The van der Waals surface area contributed by atoms with Crippen LogP contribution in [0.1, 0.15) is 40.5 Å². The van der Waals surface area contributed by atoms with Crippen molar-refractivity contribution in [3.8, 4) is 11.8 Å². The molecule has 0 nitrogen and oxygen atoms in total. The SMILES string of the molecule is C/C=C(\C)C(C)[C@H](CI)CCC#CC(C)F. The molecule has 2 heteroatoms. The van der Waals surface area contributed by atoms with Gasteiger partial charge in [0.25, 0.3) is 0 Å². The van der Waals surface area contributed by atoms with Crippen LogP contribution in [0.3, 0.4) is 0 Å². The molecule has 0 fully saturated rings. The molecule has 0 saturated heterocycles. The molecule has 0 saturated carbocycles. The number of rotatable bonds is 5. The van der Waals surface area contributed by atoms with Crippen molar-refractivity contribution in [3.05, 3.63) is 11.6 Å². The van der Waals surface area contributed by atoms with Gasteiger partial charge >= 0.3 is 0 Å². The highest BCUT2D eigenvalue weighted by Crippen LogP contribution is 2.26. The first-order chi connectivity index (χ1) is 7.52. The number of hydrogen-bond acceptors (Lipinski definition) is 0. The van der Waals surface area contributed by atoms with Gasteiger partial charge in [-0.1, -0.05) is 47.1 Å². The number of allylic oxidation sites excluding steroid dienone is 2. The van der Waals surface area contributed by atoms with Crippen LogP contribution in [0.25, 0.3) is 0 Å². The van der Waals surface area contributed by atoms with Gasteiger partial charge in [0.1, 0.15) is 0 Å². The Balaban J connectivity index is 4.17. The molecule has 92 valence electrons. The summed E-state index contributed by atoms with van der Waals surface area (Å²) in [7, 11) is 0. The van der Waals surface area contributed by atoms with E-state index in [0.717, 1.165) is 17.3 Å². The molecule has 0 aliphatic rings. The highest BCUT2D eigenvalue weighted by molar-refractivity contribution is 14.1. The fourth-order valence-corrected chi connectivity index (χ4v) is 2.77. The fraction of sp³-hybridized carbons (Fsp3) is 0.714. The molecule has 0 N–H and O–H groups in total. The van der Waals surface area contributed by atoms with Gasteiger partial charge in [-0.05, 0) is 39.0 Å². The van der Waals surface area contributed by atoms with Gasteiger partial charge in [-0.2, -0.15) is 0 Å². The number of hydrogen-bond donors (Lipinski definition) is 0. The second-order valence-electron chi connectivity index (χ2n) is 4.21. The molecule has 0 heterocycles. The highest BCUT2D eigenvalue weighted by Gasteiger charge is 2.16. The Kier molecular flexibility index (Phi) is 9.02. The van der Waals surface area contributed by atoms with Crippen molar-refractivity contribution in [2.24, 2.45) is 11.8 Å². The lowest BCUT2D eigenvalue weighted by molar-refractivity contribution is 0.426. The van der Waals surface area contributed by atoms with Crippen molar-refractivity contribution >= 4 is 22.6 Å². The van der Waals surface area contributed by atoms with E-state index in [-0.39, 0.29) is 0 Å². The van der Waals surface area contributed by atoms with Crippen LogP contribution < -0.4 is 0 Å². The monoisotopic (exact) mass is 336 g/mol. The van der Waals surface area contributed by atoms with E-state index in [9.17, 15) is 4.39 Å². The van der Waals surface area contributed by atoms with Crippen molar-refractivity contribution in [1.82, 2.24) is 0 Å². The van der Waals surface area contributed by atoms with Gasteiger partial charge in [-0.25, -0.2) is 4.39 Å². The van der Waals surface area contributed by atoms with E-state index in [4.69, 9.17) is 0 Å². The standard InChI is InChI=1S/C14H22FI/c1-5-11(2)13(4)14(10-16)9-7-6-8-12(3)15/h5,12-14H,7,9-10H2,1-4H3/b11-5+/t12?,13?,14-/m0/s1. The van der Waals surface area contributed by atoms with Crippen molar-refractivity contribution in [3.63, 3.8) is 0 Å². The topological polar surface area (TPSA) is 0 Å². The third-order valence-corrected chi connectivity index (χ3v) is 4.15. The Hall–Kier alpha value is -0.0400. The molecule has 3 atom stereocenters. The van der Waals surface area contributed by atoms with Crippen LogP contribution in [0.2, 0.25) is 0 Å². The van der Waals surface area contributed by atoms with Gasteiger partial charge in [-0.3, -0.25) is 0 Å². The largest absolute Gasteiger partial charge is 0.234 e. The van der Waals surface area contributed by atoms with Gasteiger partial charge in [0.05, 0.1) is 0 Å². The zero-order chi connectivity index (χ0) is 12.6. The molecule has 2 unspecified atom stereocenters. The molecule has 0 bridgehead atoms. The fourth-order valence-electron chi connectivity index (χ4n) is 1.57. The van der Waals surface area contributed by atoms with Crippen LogP contribution in [0.5, 0.6) is 0 Å². The van der Waals surface area contributed by atoms with E-state index in [1.807, 2.05) is 0 Å². The molecule has 0 radical (unpaired) electrons. The predicted molar refractivity (Wildman–Crippen MR) is 78.6 cm³/mol. The van der Waals surface area contributed by atoms with Crippen LogP contribution >= 0.6 is 22.6 Å². The minimum absolute atomic E-state index is 0.603. The first kappa shape index (κ1) is 16.0. The van der Waals surface area contributed by atoms with Crippen LogP contribution in [-0.2, 0) is 0 Å². The summed E-state index contributed by atoms with van der Waals surface area (Å²) in [5.74, 6) is 6.74. The summed E-state index contributed by atoms with van der Waals surface area (Å²) in [5, 5.41) is 0. The van der Waals surface area contributed by atoms with Gasteiger partial charge < -0.3 is 0 Å². The Morgan fingerprint density at radius 2 is 2.06 bits per heavy atom. The predicted octanol–water partition coefficient (Wildman–Crippen LogP) is 4.78. The number of halogens is 2. The molecule has 0 spiro atoms. The molecule has 0 aromatic heterocycles. The van der Waals surface area contributed by atoms with Crippen molar-refractivity contribution in [2.45, 2.75) is 46.7 Å².